The van der Waals surface area contributed by atoms with Crippen LogP contribution in [-0.4, -0.2) is 11.3 Å². The highest BCUT2D eigenvalue weighted by Crippen LogP contribution is 2.55. The van der Waals surface area contributed by atoms with Gasteiger partial charge in [-0.05, 0) is 153 Å². The highest BCUT2D eigenvalue weighted by atomic mass is 15.2. The van der Waals surface area contributed by atoms with Crippen LogP contribution in [0.1, 0.15) is 0 Å². The van der Waals surface area contributed by atoms with Crippen LogP contribution in [0.25, 0.3) is 137 Å². The summed E-state index contributed by atoms with van der Waals surface area (Å²) in [4.78, 5) is 5.36. The van der Waals surface area contributed by atoms with Crippen molar-refractivity contribution in [1.29, 1.82) is 0 Å². The second-order valence-electron chi connectivity index (χ2n) is 25.8. The van der Waals surface area contributed by atoms with E-state index in [2.05, 4.69) is 366 Å². The van der Waals surface area contributed by atoms with E-state index in [1.165, 1.54) is 86.9 Å². The molecule has 0 atom stereocenters. The highest BCUT2D eigenvalue weighted by molar-refractivity contribution is 7.00. The summed E-state index contributed by atoms with van der Waals surface area (Å²) in [6, 6.07) is 132. The van der Waals surface area contributed by atoms with Gasteiger partial charge in [0.05, 0.1) is 28.1 Å². The van der Waals surface area contributed by atoms with Gasteiger partial charge in [-0.3, -0.25) is 0 Å². The summed E-state index contributed by atoms with van der Waals surface area (Å²) in [5.74, 6) is 0. The van der Waals surface area contributed by atoms with Crippen LogP contribution in [0.2, 0.25) is 0 Å². The Labute approximate surface area is 557 Å². The van der Waals surface area contributed by atoms with Crippen LogP contribution >= 0.6 is 0 Å². The molecule has 0 bridgehead atoms. The molecule has 444 valence electrons. The Morgan fingerprint density at radius 3 is 1.15 bits per heavy atom. The van der Waals surface area contributed by atoms with E-state index in [0.717, 1.165) is 101 Å². The van der Waals surface area contributed by atoms with E-state index >= 15 is 0 Å². The van der Waals surface area contributed by atoms with Crippen LogP contribution in [0.15, 0.2) is 352 Å². The number of nitrogens with zero attached hydrogens (tertiary/aromatic N) is 3. The Balaban J connectivity index is 0.967. The number of fused-ring (bicyclic) bond motifs is 9. The zero-order valence-corrected chi connectivity index (χ0v) is 52.4. The van der Waals surface area contributed by atoms with E-state index in [0.29, 0.717) is 0 Å². The molecule has 0 saturated carbocycles. The van der Waals surface area contributed by atoms with Crippen LogP contribution in [0, 0.1) is 0 Å². The van der Waals surface area contributed by atoms with Gasteiger partial charge in [-0.2, -0.15) is 0 Å². The summed E-state index contributed by atoms with van der Waals surface area (Å²) in [6.45, 7) is -0.236. The topological polar surface area (TPSA) is 11.4 Å². The zero-order valence-electron chi connectivity index (χ0n) is 52.4. The van der Waals surface area contributed by atoms with Gasteiger partial charge >= 0.3 is 0 Å². The molecule has 3 heterocycles. The quantitative estimate of drug-likeness (QED) is 0.0811. The summed E-state index contributed by atoms with van der Waals surface area (Å²) < 4.78 is 2.53. The molecule has 0 N–H and O–H groups in total. The second kappa shape index (κ2) is 21.5. The molecule has 96 heavy (non-hydrogen) atoms. The Morgan fingerprint density at radius 1 is 0.219 bits per heavy atom. The van der Waals surface area contributed by atoms with Crippen molar-refractivity contribution in [2.24, 2.45) is 0 Å². The molecule has 0 saturated heterocycles. The van der Waals surface area contributed by atoms with Crippen LogP contribution in [-0.2, 0) is 0 Å². The number of anilines is 6. The van der Waals surface area contributed by atoms with Gasteiger partial charge in [0.2, 0.25) is 0 Å². The molecule has 2 aliphatic rings. The number of aromatic nitrogens is 1. The molecule has 0 spiro atoms. The van der Waals surface area contributed by atoms with Gasteiger partial charge in [-0.1, -0.05) is 303 Å². The Kier molecular flexibility index (Phi) is 12.1. The molecular weight excluding hydrogens is 1160 g/mol. The van der Waals surface area contributed by atoms with Crippen LogP contribution in [0.4, 0.5) is 34.1 Å². The lowest BCUT2D eigenvalue weighted by Gasteiger charge is -2.46. The largest absolute Gasteiger partial charge is 0.310 e. The van der Waals surface area contributed by atoms with Crippen molar-refractivity contribution in [3.05, 3.63) is 352 Å². The monoisotopic (exact) mass is 1220 g/mol. The molecule has 20 rings (SSSR count). The summed E-state index contributed by atoms with van der Waals surface area (Å²) in [5, 5.41) is 12.7. The molecular formula is C92H58BN3. The minimum absolute atomic E-state index is 0.236. The maximum absolute atomic E-state index is 2.70. The van der Waals surface area contributed by atoms with Crippen LogP contribution in [0.5, 0.6) is 0 Å². The molecule has 0 unspecified atom stereocenters. The smallest absolute Gasteiger partial charge is 0.252 e. The van der Waals surface area contributed by atoms with Gasteiger partial charge in [0.15, 0.2) is 0 Å². The first-order valence-electron chi connectivity index (χ1n) is 33.3. The standard InChI is InChI=1S/C92H58BN3/c1-6-25-59(26-7-1)65-50-52-84-81(55-65)93-80-51-49-66(68-53-67-37-22-45-77-76-44-20-35-64-36-21-46-78(88(64)76)79(54-68)89(67)77)56-85(80)96(92-72(62-31-12-4-13-32-62)42-24-43-73(92)63-33-14-5-15-34-63)87-58-69(94-82-47-18-16-38-74(82)75-39-17-19-48-83(75)94)57-86(90(87)93)95(84)91-70(60-27-8-2-9-28-60)40-23-41-71(91)61-29-10-3-11-30-61/h1-58H. The van der Waals surface area contributed by atoms with Crippen molar-refractivity contribution in [2.75, 3.05) is 9.80 Å². The van der Waals surface area contributed by atoms with Crippen molar-refractivity contribution in [3.8, 4) is 72.4 Å². The van der Waals surface area contributed by atoms with Gasteiger partial charge in [0.25, 0.3) is 6.71 Å². The third kappa shape index (κ3) is 8.22. The van der Waals surface area contributed by atoms with E-state index in [1.807, 2.05) is 0 Å². The summed E-state index contributed by atoms with van der Waals surface area (Å²) in [7, 11) is 0. The SMILES string of the molecule is c1ccc(-c2ccc3c(c2)B2c4ccc(-c5cc6cccc7c8cccc9cccc(c(c5)c67)c98)cc4N(c4c(-c5ccccc5)cccc4-c4ccccc4)c4cc(-n5c6ccccc6c6ccccc65)cc(c42)N3c2c(-c3ccccc3)cccc2-c2ccccc2)cc1. The lowest BCUT2D eigenvalue weighted by molar-refractivity contribution is 1.16. The molecule has 1 aromatic heterocycles. The Hall–Kier alpha value is -12.5. The predicted octanol–water partition coefficient (Wildman–Crippen LogP) is 22.9. The maximum atomic E-state index is 2.70. The predicted molar refractivity (Wildman–Crippen MR) is 409 cm³/mol. The third-order valence-corrected chi connectivity index (χ3v) is 20.7. The minimum Gasteiger partial charge on any atom is -0.310 e. The van der Waals surface area contributed by atoms with E-state index in [9.17, 15) is 0 Å². The van der Waals surface area contributed by atoms with Gasteiger partial charge < -0.3 is 14.4 Å². The second-order valence-corrected chi connectivity index (χ2v) is 25.8. The van der Waals surface area contributed by atoms with Gasteiger partial charge in [0, 0.05) is 55.8 Å². The number of benzene rings is 17. The fourth-order valence-electron chi connectivity index (χ4n) is 16.6. The van der Waals surface area contributed by atoms with Gasteiger partial charge in [0.1, 0.15) is 0 Å². The lowest BCUT2D eigenvalue weighted by atomic mass is 9.33. The Morgan fingerprint density at radius 2 is 0.625 bits per heavy atom. The van der Waals surface area contributed by atoms with Gasteiger partial charge in [-0.25, -0.2) is 0 Å². The molecule has 17 aromatic carbocycles. The summed E-state index contributed by atoms with van der Waals surface area (Å²) in [6.07, 6.45) is 0. The molecule has 0 fully saturated rings. The van der Waals surface area contributed by atoms with E-state index in [4.69, 9.17) is 0 Å². The molecule has 0 aliphatic carbocycles. The lowest BCUT2D eigenvalue weighted by Crippen LogP contribution is -2.61. The molecule has 18 aromatic rings. The van der Waals surface area contributed by atoms with Crippen molar-refractivity contribution in [3.63, 3.8) is 0 Å². The average molecular weight is 1220 g/mol. The average Bonchev–Trinajstić information content (AvgIpc) is 0.990. The van der Waals surface area contributed by atoms with Crippen LogP contribution < -0.4 is 26.2 Å². The first kappa shape index (κ1) is 54.1. The van der Waals surface area contributed by atoms with Crippen molar-refractivity contribution >= 4 is 122 Å². The molecule has 0 amide bonds. The zero-order chi connectivity index (χ0) is 63.0. The van der Waals surface area contributed by atoms with Crippen molar-refractivity contribution in [1.82, 2.24) is 4.57 Å². The van der Waals surface area contributed by atoms with E-state index < -0.39 is 0 Å². The number of hydrogen-bond donors (Lipinski definition) is 0. The normalized spacial score (nSPS) is 12.5. The molecule has 4 heteroatoms. The number of hydrogen-bond acceptors (Lipinski definition) is 2. The minimum atomic E-state index is -0.236. The fourth-order valence-corrected chi connectivity index (χ4v) is 16.6. The van der Waals surface area contributed by atoms with Gasteiger partial charge in [-0.15, -0.1) is 0 Å². The first-order chi connectivity index (χ1) is 47.7. The van der Waals surface area contributed by atoms with Crippen LogP contribution in [0.3, 0.4) is 0 Å². The Bertz CT molecular complexity index is 5970. The fraction of sp³-hybridized carbons (Fsp3) is 0. The molecule has 2 aliphatic heterocycles. The third-order valence-electron chi connectivity index (χ3n) is 20.7. The van der Waals surface area contributed by atoms with Crippen molar-refractivity contribution < 1.29 is 0 Å². The van der Waals surface area contributed by atoms with Crippen molar-refractivity contribution in [2.45, 2.75) is 0 Å². The maximum Gasteiger partial charge on any atom is 0.252 e. The number of para-hydroxylation sites is 4. The number of rotatable bonds is 9. The summed E-state index contributed by atoms with van der Waals surface area (Å²) >= 11 is 0. The summed E-state index contributed by atoms with van der Waals surface area (Å²) in [5.41, 5.74) is 27.6. The first-order valence-corrected chi connectivity index (χ1v) is 33.3. The van der Waals surface area contributed by atoms with E-state index in [1.54, 1.807) is 0 Å². The molecule has 0 radical (unpaired) electrons. The highest BCUT2D eigenvalue weighted by Gasteiger charge is 2.46. The van der Waals surface area contributed by atoms with E-state index in [-0.39, 0.29) is 6.71 Å². The molecule has 3 nitrogen and oxygen atoms in total.